The van der Waals surface area contributed by atoms with E-state index in [0.29, 0.717) is 21.2 Å². The van der Waals surface area contributed by atoms with E-state index in [4.69, 9.17) is 34.8 Å². The van der Waals surface area contributed by atoms with Crippen LogP contribution in [0.3, 0.4) is 0 Å². The number of benzene rings is 2. The van der Waals surface area contributed by atoms with Crippen LogP contribution < -0.4 is 0 Å². The van der Waals surface area contributed by atoms with Gasteiger partial charge in [-0.3, -0.25) is 0 Å². The van der Waals surface area contributed by atoms with Crippen LogP contribution in [-0.4, -0.2) is 11.0 Å². The predicted octanol–water partition coefficient (Wildman–Crippen LogP) is 4.47. The molecule has 1 N–H and O–H groups in total. The highest BCUT2D eigenvalue weighted by Gasteiger charge is 2.32. The summed E-state index contributed by atoms with van der Waals surface area (Å²) in [5.74, 6) is 0.0123. The maximum absolute atomic E-state index is 10.8. The summed E-state index contributed by atoms with van der Waals surface area (Å²) in [6.45, 7) is 0. The van der Waals surface area contributed by atoms with Crippen molar-refractivity contribution in [3.05, 3.63) is 69.7 Å². The zero-order valence-corrected chi connectivity index (χ0v) is 11.7. The molecule has 2 aromatic rings. The Hall–Kier alpha value is -0.730. The van der Waals surface area contributed by atoms with Gasteiger partial charge in [0.2, 0.25) is 0 Å². The average molecular weight is 302 g/mol. The molecule has 94 valence electrons. The second-order valence-corrected chi connectivity index (χ2v) is 5.09. The molecule has 1 atom stereocenters. The largest absolute Gasteiger partial charge is 0.379 e. The van der Waals surface area contributed by atoms with Crippen molar-refractivity contribution in [2.24, 2.45) is 0 Å². The first-order valence-electron chi connectivity index (χ1n) is 5.37. The Kier molecular flexibility index (Phi) is 4.18. The molecular weight excluding hydrogens is 291 g/mol. The number of rotatable bonds is 3. The molecule has 0 fully saturated rings. The molecular formula is C14H11Cl3O. The second-order valence-electron chi connectivity index (χ2n) is 3.98. The fourth-order valence-electron chi connectivity index (χ4n) is 1.84. The molecule has 0 aromatic heterocycles. The summed E-state index contributed by atoms with van der Waals surface area (Å²) < 4.78 is 0. The third-order valence-corrected chi connectivity index (χ3v) is 3.76. The highest BCUT2D eigenvalue weighted by molar-refractivity contribution is 6.35. The van der Waals surface area contributed by atoms with Crippen LogP contribution in [0.15, 0.2) is 48.5 Å². The molecule has 0 aliphatic rings. The first kappa shape index (κ1) is 13.7. The van der Waals surface area contributed by atoms with Gasteiger partial charge in [-0.05, 0) is 17.7 Å². The second kappa shape index (κ2) is 5.50. The van der Waals surface area contributed by atoms with Gasteiger partial charge in [0.25, 0.3) is 0 Å². The van der Waals surface area contributed by atoms with Gasteiger partial charge in [-0.2, -0.15) is 0 Å². The summed E-state index contributed by atoms with van der Waals surface area (Å²) in [6, 6.07) is 14.2. The Morgan fingerprint density at radius 2 is 1.67 bits per heavy atom. The van der Waals surface area contributed by atoms with Gasteiger partial charge in [-0.25, -0.2) is 0 Å². The van der Waals surface area contributed by atoms with Crippen LogP contribution in [0.25, 0.3) is 0 Å². The van der Waals surface area contributed by atoms with Crippen LogP contribution in [0, 0.1) is 0 Å². The fourth-order valence-corrected chi connectivity index (χ4v) is 2.71. The minimum absolute atomic E-state index is 0.0123. The zero-order chi connectivity index (χ0) is 13.2. The number of alkyl halides is 1. The summed E-state index contributed by atoms with van der Waals surface area (Å²) in [6.07, 6.45) is 0. The van der Waals surface area contributed by atoms with Crippen molar-refractivity contribution in [1.82, 2.24) is 0 Å². The lowest BCUT2D eigenvalue weighted by molar-refractivity contribution is 0.106. The van der Waals surface area contributed by atoms with E-state index in [0.717, 1.165) is 0 Å². The molecule has 0 aliphatic carbocycles. The van der Waals surface area contributed by atoms with E-state index in [1.165, 1.54) is 0 Å². The van der Waals surface area contributed by atoms with Gasteiger partial charge >= 0.3 is 0 Å². The van der Waals surface area contributed by atoms with Gasteiger partial charge in [-0.1, -0.05) is 59.6 Å². The average Bonchev–Trinajstić information content (AvgIpc) is 2.39. The first-order chi connectivity index (χ1) is 8.58. The van der Waals surface area contributed by atoms with Crippen molar-refractivity contribution < 1.29 is 5.11 Å². The van der Waals surface area contributed by atoms with E-state index in [9.17, 15) is 5.11 Å². The molecule has 4 heteroatoms. The summed E-state index contributed by atoms with van der Waals surface area (Å²) >= 11 is 17.9. The molecule has 2 rings (SSSR count). The third-order valence-electron chi connectivity index (χ3n) is 2.82. The highest BCUT2D eigenvalue weighted by atomic mass is 35.5. The Bertz CT molecular complexity index is 542. The summed E-state index contributed by atoms with van der Waals surface area (Å²) in [5.41, 5.74) is -0.0659. The van der Waals surface area contributed by atoms with Gasteiger partial charge in [-0.15, -0.1) is 11.6 Å². The van der Waals surface area contributed by atoms with Crippen molar-refractivity contribution >= 4 is 34.8 Å². The molecule has 0 amide bonds. The maximum Gasteiger partial charge on any atom is 0.129 e. The van der Waals surface area contributed by atoms with Gasteiger partial charge in [0.05, 0.1) is 5.88 Å². The zero-order valence-electron chi connectivity index (χ0n) is 9.41. The Balaban J connectivity index is 2.57. The van der Waals surface area contributed by atoms with E-state index in [1.807, 2.05) is 30.3 Å². The molecule has 1 unspecified atom stereocenters. The fraction of sp³-hybridized carbons (Fsp3) is 0.143. The summed E-state index contributed by atoms with van der Waals surface area (Å²) in [7, 11) is 0. The number of halogens is 3. The minimum Gasteiger partial charge on any atom is -0.379 e. The van der Waals surface area contributed by atoms with Crippen LogP contribution in [-0.2, 0) is 5.60 Å². The number of hydrogen-bond donors (Lipinski definition) is 1. The van der Waals surface area contributed by atoms with Crippen molar-refractivity contribution in [3.63, 3.8) is 0 Å². The van der Waals surface area contributed by atoms with E-state index in [-0.39, 0.29) is 5.88 Å². The smallest absolute Gasteiger partial charge is 0.129 e. The Morgan fingerprint density at radius 3 is 2.22 bits per heavy atom. The monoisotopic (exact) mass is 300 g/mol. The molecule has 0 heterocycles. The molecule has 1 nitrogen and oxygen atoms in total. The number of aliphatic hydroxyl groups is 1. The predicted molar refractivity (Wildman–Crippen MR) is 76.6 cm³/mol. The van der Waals surface area contributed by atoms with E-state index >= 15 is 0 Å². The van der Waals surface area contributed by atoms with E-state index < -0.39 is 5.60 Å². The lowest BCUT2D eigenvalue weighted by atomic mass is 9.88. The Morgan fingerprint density at radius 1 is 1.00 bits per heavy atom. The van der Waals surface area contributed by atoms with Gasteiger partial charge in [0, 0.05) is 15.6 Å². The first-order valence-corrected chi connectivity index (χ1v) is 6.66. The van der Waals surface area contributed by atoms with Crippen LogP contribution in [0.4, 0.5) is 0 Å². The number of hydrogen-bond acceptors (Lipinski definition) is 1. The molecule has 0 saturated carbocycles. The summed E-state index contributed by atoms with van der Waals surface area (Å²) in [4.78, 5) is 0. The van der Waals surface area contributed by atoms with Crippen molar-refractivity contribution in [3.8, 4) is 0 Å². The van der Waals surface area contributed by atoms with Crippen LogP contribution in [0.5, 0.6) is 0 Å². The highest BCUT2D eigenvalue weighted by Crippen LogP contribution is 2.36. The molecule has 18 heavy (non-hydrogen) atoms. The standard InChI is InChI=1S/C14H11Cl3O/c15-9-14(18,10-4-2-1-3-5-10)12-7-6-11(16)8-13(12)17/h1-8,18H,9H2. The van der Waals surface area contributed by atoms with Crippen LogP contribution in [0.2, 0.25) is 10.0 Å². The quantitative estimate of drug-likeness (QED) is 0.829. The molecule has 0 aliphatic heterocycles. The molecule has 0 saturated heterocycles. The van der Waals surface area contributed by atoms with Crippen LogP contribution >= 0.6 is 34.8 Å². The van der Waals surface area contributed by atoms with Crippen molar-refractivity contribution in [2.45, 2.75) is 5.60 Å². The molecule has 0 radical (unpaired) electrons. The van der Waals surface area contributed by atoms with Crippen molar-refractivity contribution in [2.75, 3.05) is 5.88 Å². The van der Waals surface area contributed by atoms with Crippen LogP contribution in [0.1, 0.15) is 11.1 Å². The van der Waals surface area contributed by atoms with Gasteiger partial charge in [0.1, 0.15) is 5.60 Å². The molecule has 2 aromatic carbocycles. The lowest BCUT2D eigenvalue weighted by Gasteiger charge is -2.28. The van der Waals surface area contributed by atoms with Gasteiger partial charge < -0.3 is 5.11 Å². The Labute approximate surface area is 121 Å². The minimum atomic E-state index is -1.31. The van der Waals surface area contributed by atoms with Crippen molar-refractivity contribution in [1.29, 1.82) is 0 Å². The normalized spacial score (nSPS) is 14.2. The lowest BCUT2D eigenvalue weighted by Crippen LogP contribution is -2.29. The van der Waals surface area contributed by atoms with Gasteiger partial charge in [0.15, 0.2) is 0 Å². The molecule has 0 bridgehead atoms. The molecule has 0 spiro atoms. The third kappa shape index (κ3) is 2.50. The maximum atomic E-state index is 10.8. The summed E-state index contributed by atoms with van der Waals surface area (Å²) in [5, 5.41) is 11.7. The van der Waals surface area contributed by atoms with E-state index in [1.54, 1.807) is 18.2 Å². The topological polar surface area (TPSA) is 20.2 Å². The SMILES string of the molecule is OC(CCl)(c1ccccc1)c1ccc(Cl)cc1Cl. The van der Waals surface area contributed by atoms with E-state index in [2.05, 4.69) is 0 Å².